The van der Waals surface area contributed by atoms with Crippen molar-refractivity contribution in [1.29, 1.82) is 0 Å². The predicted molar refractivity (Wildman–Crippen MR) is 27.1 cm³/mol. The number of halogens is 3. The first-order valence-corrected chi connectivity index (χ1v) is 2.79. The summed E-state index contributed by atoms with van der Waals surface area (Å²) in [6.45, 7) is 0.574. The van der Waals surface area contributed by atoms with E-state index in [0.29, 0.717) is 6.54 Å². The lowest BCUT2D eigenvalue weighted by Crippen LogP contribution is -2.53. The lowest BCUT2D eigenvalue weighted by atomic mass is 10.0. The van der Waals surface area contributed by atoms with Crippen LogP contribution in [0.15, 0.2) is 0 Å². The number of hydrogen-bond acceptors (Lipinski definition) is 1. The van der Waals surface area contributed by atoms with Crippen molar-refractivity contribution < 1.29 is 13.2 Å². The van der Waals surface area contributed by atoms with Gasteiger partial charge < -0.3 is 0 Å². The molecule has 1 heterocycles. The molecule has 4 heteroatoms. The Bertz CT molecular complexity index is 109. The Morgan fingerprint density at radius 3 is 2.00 bits per heavy atom. The molecule has 1 atom stereocenters. The minimum absolute atomic E-state index is 0.264. The van der Waals surface area contributed by atoms with Gasteiger partial charge in [0.15, 0.2) is 0 Å². The lowest BCUT2D eigenvalue weighted by molar-refractivity contribution is -0.205. The Hall–Kier alpha value is -0.250. The standard InChI is InChI=1S/C5H8F3N/c1-9-3-2-4(9)5(6,7)8/h4H,2-3H2,1H3. The summed E-state index contributed by atoms with van der Waals surface area (Å²) >= 11 is 0. The summed E-state index contributed by atoms with van der Waals surface area (Å²) in [6.07, 6.45) is -3.74. The second-order valence-electron chi connectivity index (χ2n) is 2.33. The first-order chi connectivity index (χ1) is 4.02. The molecule has 0 amide bonds. The molecule has 0 saturated carbocycles. The zero-order chi connectivity index (χ0) is 7.07. The fraction of sp³-hybridized carbons (Fsp3) is 1.00. The first-order valence-electron chi connectivity index (χ1n) is 2.79. The highest BCUT2D eigenvalue weighted by Gasteiger charge is 2.46. The second kappa shape index (κ2) is 1.87. The van der Waals surface area contributed by atoms with Crippen LogP contribution in [0.4, 0.5) is 13.2 Å². The van der Waals surface area contributed by atoms with E-state index >= 15 is 0 Å². The van der Waals surface area contributed by atoms with Crippen molar-refractivity contribution in [3.05, 3.63) is 0 Å². The van der Waals surface area contributed by atoms with Crippen LogP contribution in [0, 0.1) is 0 Å². The van der Waals surface area contributed by atoms with Crippen molar-refractivity contribution in [2.24, 2.45) is 0 Å². The van der Waals surface area contributed by atoms with E-state index in [2.05, 4.69) is 0 Å². The summed E-state index contributed by atoms with van der Waals surface area (Å²) < 4.78 is 35.1. The third kappa shape index (κ3) is 1.18. The summed E-state index contributed by atoms with van der Waals surface area (Å²) in [5.74, 6) is 0. The van der Waals surface area contributed by atoms with Crippen LogP contribution in [0.2, 0.25) is 0 Å². The molecule has 1 rings (SSSR count). The van der Waals surface area contributed by atoms with E-state index in [1.54, 1.807) is 0 Å². The van der Waals surface area contributed by atoms with Gasteiger partial charge in [0, 0.05) is 6.54 Å². The average molecular weight is 139 g/mol. The molecule has 1 nitrogen and oxygen atoms in total. The summed E-state index contributed by atoms with van der Waals surface area (Å²) in [5, 5.41) is 0. The van der Waals surface area contributed by atoms with Crippen LogP contribution in [-0.4, -0.2) is 30.7 Å². The SMILES string of the molecule is CN1CCC1C(F)(F)F. The van der Waals surface area contributed by atoms with Crippen LogP contribution < -0.4 is 0 Å². The number of hydrogen-bond donors (Lipinski definition) is 0. The van der Waals surface area contributed by atoms with E-state index in [1.807, 2.05) is 0 Å². The van der Waals surface area contributed by atoms with Crippen LogP contribution >= 0.6 is 0 Å². The number of rotatable bonds is 0. The quantitative estimate of drug-likeness (QED) is 0.488. The first kappa shape index (κ1) is 6.86. The molecule has 0 bridgehead atoms. The molecule has 0 aliphatic carbocycles. The van der Waals surface area contributed by atoms with Gasteiger partial charge in [-0.25, -0.2) is 0 Å². The van der Waals surface area contributed by atoms with Crippen molar-refractivity contribution >= 4 is 0 Å². The Morgan fingerprint density at radius 2 is 2.00 bits per heavy atom. The van der Waals surface area contributed by atoms with E-state index in [0.717, 1.165) is 0 Å². The molecular formula is C5H8F3N. The van der Waals surface area contributed by atoms with Crippen molar-refractivity contribution in [2.45, 2.75) is 18.6 Å². The monoisotopic (exact) mass is 139 g/mol. The van der Waals surface area contributed by atoms with E-state index in [4.69, 9.17) is 0 Å². The minimum Gasteiger partial charge on any atom is -0.295 e. The van der Waals surface area contributed by atoms with Crippen molar-refractivity contribution in [2.75, 3.05) is 13.6 Å². The Morgan fingerprint density at radius 1 is 1.44 bits per heavy atom. The molecule has 0 radical (unpaired) electrons. The molecular weight excluding hydrogens is 131 g/mol. The molecule has 1 aliphatic rings. The largest absolute Gasteiger partial charge is 0.404 e. The van der Waals surface area contributed by atoms with Crippen LogP contribution in [0.5, 0.6) is 0 Å². The zero-order valence-electron chi connectivity index (χ0n) is 5.07. The van der Waals surface area contributed by atoms with Crippen molar-refractivity contribution in [3.63, 3.8) is 0 Å². The molecule has 1 fully saturated rings. The summed E-state index contributed by atoms with van der Waals surface area (Å²) in [6, 6.07) is -1.17. The van der Waals surface area contributed by atoms with Gasteiger partial charge in [-0.1, -0.05) is 0 Å². The smallest absolute Gasteiger partial charge is 0.295 e. The highest BCUT2D eigenvalue weighted by Crippen LogP contribution is 2.31. The maximum atomic E-state index is 11.7. The van der Waals surface area contributed by atoms with Crippen LogP contribution in [0.3, 0.4) is 0 Å². The highest BCUT2D eigenvalue weighted by atomic mass is 19.4. The van der Waals surface area contributed by atoms with Gasteiger partial charge >= 0.3 is 6.18 Å². The third-order valence-electron chi connectivity index (χ3n) is 1.67. The number of alkyl halides is 3. The maximum absolute atomic E-state index is 11.7. The topological polar surface area (TPSA) is 3.24 Å². The third-order valence-corrected chi connectivity index (χ3v) is 1.67. The summed E-state index contributed by atoms with van der Waals surface area (Å²) in [5.41, 5.74) is 0. The van der Waals surface area contributed by atoms with Gasteiger partial charge in [-0.05, 0) is 13.5 Å². The Balaban J connectivity index is 2.44. The molecule has 0 N–H and O–H groups in total. The molecule has 0 aromatic carbocycles. The molecule has 54 valence electrons. The van der Waals surface area contributed by atoms with E-state index in [-0.39, 0.29) is 6.42 Å². The van der Waals surface area contributed by atoms with Gasteiger partial charge in [-0.15, -0.1) is 0 Å². The van der Waals surface area contributed by atoms with Gasteiger partial charge in [0.25, 0.3) is 0 Å². The fourth-order valence-corrected chi connectivity index (χ4v) is 0.930. The Kier molecular flexibility index (Phi) is 1.42. The van der Waals surface area contributed by atoms with Gasteiger partial charge in [0.05, 0.1) is 0 Å². The number of nitrogens with zero attached hydrogens (tertiary/aromatic N) is 1. The van der Waals surface area contributed by atoms with Gasteiger partial charge in [0.1, 0.15) is 6.04 Å². The molecule has 9 heavy (non-hydrogen) atoms. The molecule has 0 aromatic rings. The average Bonchev–Trinajstić information content (AvgIpc) is 1.57. The fourth-order valence-electron chi connectivity index (χ4n) is 0.930. The van der Waals surface area contributed by atoms with Gasteiger partial charge in [0.2, 0.25) is 0 Å². The predicted octanol–water partition coefficient (Wildman–Crippen LogP) is 1.25. The van der Waals surface area contributed by atoms with Crippen molar-refractivity contribution in [3.8, 4) is 0 Å². The highest BCUT2D eigenvalue weighted by molar-refractivity contribution is 4.85. The molecule has 1 unspecified atom stereocenters. The Labute approximate surface area is 51.4 Å². The summed E-state index contributed by atoms with van der Waals surface area (Å²) in [7, 11) is 1.49. The van der Waals surface area contributed by atoms with Crippen LogP contribution in [-0.2, 0) is 0 Å². The van der Waals surface area contributed by atoms with Gasteiger partial charge in [-0.2, -0.15) is 13.2 Å². The second-order valence-corrected chi connectivity index (χ2v) is 2.33. The van der Waals surface area contributed by atoms with E-state index in [9.17, 15) is 13.2 Å². The van der Waals surface area contributed by atoms with Crippen LogP contribution in [0.1, 0.15) is 6.42 Å². The van der Waals surface area contributed by atoms with E-state index in [1.165, 1.54) is 11.9 Å². The minimum atomic E-state index is -4.01. The molecule has 1 aliphatic heterocycles. The van der Waals surface area contributed by atoms with Gasteiger partial charge in [-0.3, -0.25) is 4.90 Å². The van der Waals surface area contributed by atoms with Crippen molar-refractivity contribution in [1.82, 2.24) is 4.90 Å². The number of likely N-dealkylation sites (tertiary alicyclic amines) is 1. The normalized spacial score (nSPS) is 30.0. The molecule has 0 aromatic heterocycles. The zero-order valence-corrected chi connectivity index (χ0v) is 5.07. The molecule has 1 saturated heterocycles. The van der Waals surface area contributed by atoms with Crippen LogP contribution in [0.25, 0.3) is 0 Å². The molecule has 0 spiro atoms. The van der Waals surface area contributed by atoms with E-state index < -0.39 is 12.2 Å². The summed E-state index contributed by atoms with van der Waals surface area (Å²) in [4.78, 5) is 1.31. The lowest BCUT2D eigenvalue weighted by Gasteiger charge is -2.38. The maximum Gasteiger partial charge on any atom is 0.404 e.